The molecule has 0 spiro atoms. The summed E-state index contributed by atoms with van der Waals surface area (Å²) in [7, 11) is 0. The van der Waals surface area contributed by atoms with Crippen LogP contribution >= 0.6 is 0 Å². The second-order valence-corrected chi connectivity index (χ2v) is 11.6. The Hall–Kier alpha value is -3.64. The normalized spacial score (nSPS) is 20.2. The molecule has 43 heavy (non-hydrogen) atoms. The van der Waals surface area contributed by atoms with Crippen molar-refractivity contribution >= 4 is 41.1 Å². The number of rotatable bonds is 17. The van der Waals surface area contributed by atoms with Gasteiger partial charge in [0.25, 0.3) is 0 Å². The highest BCUT2D eigenvalue weighted by Crippen LogP contribution is 2.48. The minimum Gasteiger partial charge on any atom is -0.379 e. The first-order chi connectivity index (χ1) is 20.7. The Labute approximate surface area is 251 Å². The summed E-state index contributed by atoms with van der Waals surface area (Å²) < 4.78 is 10.9. The first-order valence-corrected chi connectivity index (χ1v) is 15.2. The first kappa shape index (κ1) is 32.3. The van der Waals surface area contributed by atoms with Crippen molar-refractivity contribution in [2.24, 2.45) is 11.3 Å². The quantitative estimate of drug-likeness (QED) is 0.157. The molecule has 1 aromatic rings. The highest BCUT2D eigenvalue weighted by molar-refractivity contribution is 6.06. The molecule has 234 valence electrons. The lowest BCUT2D eigenvalue weighted by Gasteiger charge is -2.38. The molecular weight excluding hydrogens is 556 g/mol. The van der Waals surface area contributed by atoms with Crippen molar-refractivity contribution in [2.45, 2.75) is 64.7 Å². The van der Waals surface area contributed by atoms with Gasteiger partial charge in [-0.1, -0.05) is 18.6 Å². The molecule has 1 unspecified atom stereocenters. The number of carbonyl (C=O) groups is 6. The zero-order valence-electron chi connectivity index (χ0n) is 24.9. The van der Waals surface area contributed by atoms with E-state index >= 15 is 0 Å². The summed E-state index contributed by atoms with van der Waals surface area (Å²) in [6.45, 7) is 3.92. The van der Waals surface area contributed by atoms with E-state index in [2.05, 4.69) is 10.6 Å². The van der Waals surface area contributed by atoms with Crippen molar-refractivity contribution in [3.8, 4) is 0 Å². The van der Waals surface area contributed by atoms with Crippen molar-refractivity contribution < 1.29 is 38.2 Å². The van der Waals surface area contributed by atoms with Gasteiger partial charge in [0.1, 0.15) is 0 Å². The lowest BCUT2D eigenvalue weighted by molar-refractivity contribution is -0.152. The number of amides is 6. The Kier molecular flexibility index (Phi) is 11.4. The van der Waals surface area contributed by atoms with Crippen molar-refractivity contribution in [3.63, 3.8) is 0 Å². The van der Waals surface area contributed by atoms with Gasteiger partial charge in [-0.3, -0.25) is 38.6 Å². The standard InChI is InChI=1S/C31H42N4O8/c1-31(23-3-2-4-23)21-29(40)35(30(31)41)15-11-25(36)32-14-18-43-20-19-42-17-13-26(37)33-24-8-5-22(6-9-24)7-10-27(38)34-16-12-28(34)39/h5-6,8-9,23H,2-4,7,10-21H2,1H3,(H,32,36)(H,33,37). The van der Waals surface area contributed by atoms with E-state index < -0.39 is 5.41 Å². The van der Waals surface area contributed by atoms with E-state index in [0.29, 0.717) is 44.8 Å². The molecular formula is C31H42N4O8. The van der Waals surface area contributed by atoms with Gasteiger partial charge in [0.2, 0.25) is 35.4 Å². The summed E-state index contributed by atoms with van der Waals surface area (Å²) in [4.78, 5) is 75.3. The van der Waals surface area contributed by atoms with E-state index in [9.17, 15) is 28.8 Å². The second kappa shape index (κ2) is 15.2. The maximum absolute atomic E-state index is 12.8. The molecule has 3 aliphatic rings. The number of nitrogens with one attached hydrogen (secondary N) is 2. The van der Waals surface area contributed by atoms with E-state index in [1.807, 2.05) is 19.1 Å². The van der Waals surface area contributed by atoms with Crippen LogP contribution in [0.15, 0.2) is 24.3 Å². The van der Waals surface area contributed by atoms with Gasteiger partial charge in [-0.05, 0) is 49.8 Å². The predicted molar refractivity (Wildman–Crippen MR) is 155 cm³/mol. The third-order valence-electron chi connectivity index (χ3n) is 8.55. The Bertz CT molecular complexity index is 1200. The molecule has 2 saturated heterocycles. The van der Waals surface area contributed by atoms with E-state index in [1.54, 1.807) is 12.1 Å². The van der Waals surface area contributed by atoms with Gasteiger partial charge in [0.15, 0.2) is 0 Å². The summed E-state index contributed by atoms with van der Waals surface area (Å²) in [6, 6.07) is 7.24. The number of ether oxygens (including phenoxy) is 2. The molecule has 2 N–H and O–H groups in total. The Morgan fingerprint density at radius 3 is 2.26 bits per heavy atom. The molecule has 2 aliphatic heterocycles. The fourth-order valence-corrected chi connectivity index (χ4v) is 5.49. The van der Waals surface area contributed by atoms with Crippen molar-refractivity contribution in [3.05, 3.63) is 29.8 Å². The average Bonchev–Trinajstić information content (AvgIpc) is 3.15. The smallest absolute Gasteiger partial charge is 0.235 e. The SMILES string of the molecule is CC1(C2CCC2)CC(=O)N(CCC(=O)NCCOCCOCCC(=O)Nc2ccc(CCC(=O)N3CCC3=O)cc2)C1=O. The molecule has 1 aromatic carbocycles. The topological polar surface area (TPSA) is 151 Å². The molecule has 0 radical (unpaired) electrons. The third-order valence-corrected chi connectivity index (χ3v) is 8.55. The summed E-state index contributed by atoms with van der Waals surface area (Å²) in [5.74, 6) is -0.760. The van der Waals surface area contributed by atoms with E-state index in [0.717, 1.165) is 24.8 Å². The number of benzene rings is 1. The Morgan fingerprint density at radius 2 is 1.63 bits per heavy atom. The van der Waals surface area contributed by atoms with E-state index in [1.165, 1.54) is 9.80 Å². The molecule has 6 amide bonds. The van der Waals surface area contributed by atoms with Crippen molar-refractivity contribution in [1.29, 1.82) is 0 Å². The van der Waals surface area contributed by atoms with Gasteiger partial charge in [-0.25, -0.2) is 0 Å². The Balaban J connectivity index is 0.974. The van der Waals surface area contributed by atoms with Gasteiger partial charge >= 0.3 is 0 Å². The fourth-order valence-electron chi connectivity index (χ4n) is 5.49. The predicted octanol–water partition coefficient (Wildman–Crippen LogP) is 1.81. The molecule has 1 saturated carbocycles. The van der Waals surface area contributed by atoms with Crippen molar-refractivity contribution in [1.82, 2.24) is 15.1 Å². The average molecular weight is 599 g/mol. The zero-order valence-corrected chi connectivity index (χ0v) is 24.9. The highest BCUT2D eigenvalue weighted by atomic mass is 16.5. The van der Waals surface area contributed by atoms with Crippen LogP contribution < -0.4 is 10.6 Å². The maximum Gasteiger partial charge on any atom is 0.235 e. The molecule has 12 heteroatoms. The van der Waals surface area contributed by atoms with Gasteiger partial charge < -0.3 is 20.1 Å². The lowest BCUT2D eigenvalue weighted by atomic mass is 9.65. The van der Waals surface area contributed by atoms with Crippen LogP contribution in [-0.2, 0) is 44.7 Å². The second-order valence-electron chi connectivity index (χ2n) is 11.6. The fraction of sp³-hybridized carbons (Fsp3) is 0.613. The van der Waals surface area contributed by atoms with Crippen LogP contribution in [0.4, 0.5) is 5.69 Å². The number of β-lactam (4-membered cyclic amide) rings is 1. The first-order valence-electron chi connectivity index (χ1n) is 15.2. The summed E-state index contributed by atoms with van der Waals surface area (Å²) in [5, 5.41) is 5.53. The number of hydrogen-bond donors (Lipinski definition) is 2. The molecule has 1 atom stereocenters. The van der Waals surface area contributed by atoms with Crippen molar-refractivity contribution in [2.75, 3.05) is 51.4 Å². The number of carbonyl (C=O) groups excluding carboxylic acids is 6. The van der Waals surface area contributed by atoms with Crippen LogP contribution in [-0.4, -0.2) is 91.3 Å². The van der Waals surface area contributed by atoms with Crippen LogP contribution in [0.2, 0.25) is 0 Å². The molecule has 3 fully saturated rings. The largest absolute Gasteiger partial charge is 0.379 e. The van der Waals surface area contributed by atoms with Gasteiger partial charge in [0.05, 0.1) is 38.3 Å². The number of imide groups is 2. The number of hydrogen-bond acceptors (Lipinski definition) is 8. The van der Waals surface area contributed by atoms with Gasteiger partial charge in [-0.2, -0.15) is 0 Å². The third kappa shape index (κ3) is 8.70. The lowest BCUT2D eigenvalue weighted by Crippen LogP contribution is -2.47. The van der Waals surface area contributed by atoms with E-state index in [4.69, 9.17) is 9.47 Å². The molecule has 2 heterocycles. The minimum absolute atomic E-state index is 0.0661. The molecule has 4 rings (SSSR count). The Morgan fingerprint density at radius 1 is 0.907 bits per heavy atom. The summed E-state index contributed by atoms with van der Waals surface area (Å²) in [5.41, 5.74) is 0.985. The monoisotopic (exact) mass is 598 g/mol. The number of nitrogens with zero attached hydrogens (tertiary/aromatic N) is 2. The molecule has 0 aromatic heterocycles. The molecule has 12 nitrogen and oxygen atoms in total. The maximum atomic E-state index is 12.8. The highest BCUT2D eigenvalue weighted by Gasteiger charge is 2.53. The molecule has 0 bridgehead atoms. The van der Waals surface area contributed by atoms with Crippen LogP contribution in [0, 0.1) is 11.3 Å². The summed E-state index contributed by atoms with van der Waals surface area (Å²) in [6.07, 6.45) is 4.80. The van der Waals surface area contributed by atoms with Crippen LogP contribution in [0.25, 0.3) is 0 Å². The molecule has 1 aliphatic carbocycles. The number of aryl methyl sites for hydroxylation is 1. The van der Waals surface area contributed by atoms with Crippen LogP contribution in [0.1, 0.15) is 63.9 Å². The minimum atomic E-state index is -0.610. The van der Waals surface area contributed by atoms with Crippen LogP contribution in [0.5, 0.6) is 0 Å². The summed E-state index contributed by atoms with van der Waals surface area (Å²) >= 11 is 0. The zero-order chi connectivity index (χ0) is 30.8. The van der Waals surface area contributed by atoms with Crippen LogP contribution in [0.3, 0.4) is 0 Å². The number of anilines is 1. The van der Waals surface area contributed by atoms with Gasteiger partial charge in [0, 0.05) is 51.0 Å². The number of likely N-dealkylation sites (tertiary alicyclic amines) is 2. The van der Waals surface area contributed by atoms with Gasteiger partial charge in [-0.15, -0.1) is 0 Å². The van der Waals surface area contributed by atoms with E-state index in [-0.39, 0.29) is 86.8 Å².